The predicted octanol–water partition coefficient (Wildman–Crippen LogP) is 3.35. The Morgan fingerprint density at radius 1 is 1.08 bits per heavy atom. The molecular formula is C18H17IN2O4. The van der Waals surface area contributed by atoms with E-state index < -0.39 is 18.5 Å². The number of aryl methyl sites for hydroxylation is 1. The van der Waals surface area contributed by atoms with Crippen LogP contribution in [0.2, 0.25) is 0 Å². The molecule has 0 bridgehead atoms. The largest absolute Gasteiger partial charge is 0.452 e. The highest BCUT2D eigenvalue weighted by molar-refractivity contribution is 14.1. The second-order valence-electron chi connectivity index (χ2n) is 5.35. The van der Waals surface area contributed by atoms with E-state index in [0.717, 1.165) is 9.13 Å². The number of carbonyl (C=O) groups excluding carboxylic acids is 3. The molecule has 0 heterocycles. The molecule has 0 unspecified atom stereocenters. The number of amides is 2. The summed E-state index contributed by atoms with van der Waals surface area (Å²) in [5.41, 5.74) is 2.34. The van der Waals surface area contributed by atoms with E-state index in [-0.39, 0.29) is 11.5 Å². The van der Waals surface area contributed by atoms with Crippen molar-refractivity contribution >= 4 is 51.7 Å². The number of nitrogens with one attached hydrogen (secondary N) is 2. The number of ether oxygens (including phenoxy) is 1. The normalized spacial score (nSPS) is 10.0. The van der Waals surface area contributed by atoms with Crippen LogP contribution in [0.1, 0.15) is 22.8 Å². The molecule has 0 aliphatic carbocycles. The van der Waals surface area contributed by atoms with Gasteiger partial charge in [-0.15, -0.1) is 0 Å². The zero-order chi connectivity index (χ0) is 18.4. The van der Waals surface area contributed by atoms with Crippen LogP contribution in [0.3, 0.4) is 0 Å². The van der Waals surface area contributed by atoms with Crippen molar-refractivity contribution in [3.63, 3.8) is 0 Å². The van der Waals surface area contributed by atoms with E-state index >= 15 is 0 Å². The van der Waals surface area contributed by atoms with Gasteiger partial charge in [0.15, 0.2) is 6.61 Å². The minimum absolute atomic E-state index is 0.238. The van der Waals surface area contributed by atoms with Crippen molar-refractivity contribution in [2.45, 2.75) is 13.8 Å². The summed E-state index contributed by atoms with van der Waals surface area (Å²) in [6.45, 7) is 2.87. The third kappa shape index (κ3) is 5.86. The molecule has 0 fully saturated rings. The Morgan fingerprint density at radius 2 is 1.84 bits per heavy atom. The molecule has 2 amide bonds. The molecule has 25 heavy (non-hydrogen) atoms. The summed E-state index contributed by atoms with van der Waals surface area (Å²) in [7, 11) is 0. The van der Waals surface area contributed by atoms with Crippen LogP contribution >= 0.6 is 22.6 Å². The Morgan fingerprint density at radius 3 is 2.52 bits per heavy atom. The Bertz CT molecular complexity index is 820. The van der Waals surface area contributed by atoms with E-state index in [0.29, 0.717) is 11.4 Å². The molecule has 2 N–H and O–H groups in total. The van der Waals surface area contributed by atoms with Crippen LogP contribution in [-0.4, -0.2) is 24.4 Å². The lowest BCUT2D eigenvalue weighted by atomic mass is 10.2. The van der Waals surface area contributed by atoms with Crippen LogP contribution in [0.25, 0.3) is 0 Å². The molecule has 130 valence electrons. The third-order valence-electron chi connectivity index (χ3n) is 3.22. The number of esters is 1. The minimum atomic E-state index is -0.637. The summed E-state index contributed by atoms with van der Waals surface area (Å²) in [5, 5.41) is 5.29. The third-order valence-corrected chi connectivity index (χ3v) is 3.89. The number of hydrogen-bond acceptors (Lipinski definition) is 4. The van der Waals surface area contributed by atoms with Gasteiger partial charge in [0.05, 0.1) is 5.56 Å². The standard InChI is InChI=1S/C18H17IN2O4/c1-11-8-14(19)6-7-16(11)21-17(23)10-25-18(24)13-4-3-5-15(9-13)20-12(2)22/h3-9H,10H2,1-2H3,(H,20,22)(H,21,23). The number of carbonyl (C=O) groups is 3. The van der Waals surface area contributed by atoms with Crippen molar-refractivity contribution < 1.29 is 19.1 Å². The smallest absolute Gasteiger partial charge is 0.338 e. The Labute approximate surface area is 159 Å². The van der Waals surface area contributed by atoms with Crippen molar-refractivity contribution in [1.29, 1.82) is 0 Å². The van der Waals surface area contributed by atoms with Crippen molar-refractivity contribution in [2.24, 2.45) is 0 Å². The van der Waals surface area contributed by atoms with Gasteiger partial charge in [-0.2, -0.15) is 0 Å². The highest BCUT2D eigenvalue weighted by atomic mass is 127. The summed E-state index contributed by atoms with van der Waals surface area (Å²) >= 11 is 2.19. The summed E-state index contributed by atoms with van der Waals surface area (Å²) in [5.74, 6) is -1.30. The molecule has 0 saturated carbocycles. The van der Waals surface area contributed by atoms with Gasteiger partial charge in [-0.25, -0.2) is 4.79 Å². The van der Waals surface area contributed by atoms with Gasteiger partial charge in [0, 0.05) is 21.9 Å². The molecule has 6 nitrogen and oxygen atoms in total. The maximum Gasteiger partial charge on any atom is 0.338 e. The summed E-state index contributed by atoms with van der Waals surface area (Å²) < 4.78 is 6.09. The fraction of sp³-hybridized carbons (Fsp3) is 0.167. The number of hydrogen-bond donors (Lipinski definition) is 2. The van der Waals surface area contributed by atoms with Crippen molar-refractivity contribution in [2.75, 3.05) is 17.2 Å². The van der Waals surface area contributed by atoms with E-state index in [2.05, 4.69) is 33.2 Å². The molecule has 2 rings (SSSR count). The van der Waals surface area contributed by atoms with Gasteiger partial charge in [0.25, 0.3) is 5.91 Å². The monoisotopic (exact) mass is 452 g/mol. The molecule has 2 aromatic carbocycles. The Kier molecular flexibility index (Phi) is 6.51. The van der Waals surface area contributed by atoms with Gasteiger partial charge in [-0.1, -0.05) is 6.07 Å². The van der Waals surface area contributed by atoms with E-state index in [1.807, 2.05) is 19.1 Å². The quantitative estimate of drug-likeness (QED) is 0.539. The van der Waals surface area contributed by atoms with Crippen LogP contribution in [0.5, 0.6) is 0 Å². The lowest BCUT2D eigenvalue weighted by Gasteiger charge is -2.10. The predicted molar refractivity (Wildman–Crippen MR) is 104 cm³/mol. The van der Waals surface area contributed by atoms with Crippen molar-refractivity contribution in [1.82, 2.24) is 0 Å². The number of halogens is 1. The Hall–Kier alpha value is -2.42. The van der Waals surface area contributed by atoms with E-state index in [9.17, 15) is 14.4 Å². The van der Waals surface area contributed by atoms with Crippen LogP contribution in [-0.2, 0) is 14.3 Å². The summed E-state index contributed by atoms with van der Waals surface area (Å²) in [6, 6.07) is 11.9. The van der Waals surface area contributed by atoms with Gasteiger partial charge in [-0.3, -0.25) is 9.59 Å². The van der Waals surface area contributed by atoms with Gasteiger partial charge in [0.1, 0.15) is 0 Å². The lowest BCUT2D eigenvalue weighted by molar-refractivity contribution is -0.119. The van der Waals surface area contributed by atoms with Gasteiger partial charge >= 0.3 is 5.97 Å². The Balaban J connectivity index is 1.93. The second-order valence-corrected chi connectivity index (χ2v) is 6.59. The zero-order valence-corrected chi connectivity index (χ0v) is 15.9. The number of rotatable bonds is 5. The first-order chi connectivity index (χ1) is 11.8. The highest BCUT2D eigenvalue weighted by Gasteiger charge is 2.12. The fourth-order valence-corrected chi connectivity index (χ4v) is 2.74. The van der Waals surface area contributed by atoms with Gasteiger partial charge in [0.2, 0.25) is 5.91 Å². The fourth-order valence-electron chi connectivity index (χ4n) is 2.10. The summed E-state index contributed by atoms with van der Waals surface area (Å²) in [6.07, 6.45) is 0. The molecule has 0 aliphatic heterocycles. The van der Waals surface area contributed by atoms with Crippen molar-refractivity contribution in [3.8, 4) is 0 Å². The second kappa shape index (κ2) is 8.61. The SMILES string of the molecule is CC(=O)Nc1cccc(C(=O)OCC(=O)Nc2ccc(I)cc2C)c1. The molecular weight excluding hydrogens is 435 g/mol. The average Bonchev–Trinajstić information content (AvgIpc) is 2.55. The van der Waals surface area contributed by atoms with E-state index in [1.54, 1.807) is 24.3 Å². The van der Waals surface area contributed by atoms with Crippen LogP contribution in [0.15, 0.2) is 42.5 Å². The molecule has 0 atom stereocenters. The molecule has 0 aromatic heterocycles. The van der Waals surface area contributed by atoms with Crippen LogP contribution in [0, 0.1) is 10.5 Å². The average molecular weight is 452 g/mol. The first kappa shape index (κ1) is 18.9. The zero-order valence-electron chi connectivity index (χ0n) is 13.8. The lowest BCUT2D eigenvalue weighted by Crippen LogP contribution is -2.21. The molecule has 0 spiro atoms. The molecule has 2 aromatic rings. The van der Waals surface area contributed by atoms with Crippen LogP contribution < -0.4 is 10.6 Å². The van der Waals surface area contributed by atoms with E-state index in [1.165, 1.54) is 13.0 Å². The van der Waals surface area contributed by atoms with Gasteiger partial charge in [-0.05, 0) is 71.5 Å². The topological polar surface area (TPSA) is 84.5 Å². The first-order valence-electron chi connectivity index (χ1n) is 7.46. The van der Waals surface area contributed by atoms with Gasteiger partial charge < -0.3 is 15.4 Å². The maximum absolute atomic E-state index is 12.0. The van der Waals surface area contributed by atoms with E-state index in [4.69, 9.17) is 4.74 Å². The molecule has 0 radical (unpaired) electrons. The van der Waals surface area contributed by atoms with Crippen molar-refractivity contribution in [3.05, 3.63) is 57.2 Å². The molecule has 7 heteroatoms. The molecule has 0 aliphatic rings. The minimum Gasteiger partial charge on any atom is -0.452 e. The van der Waals surface area contributed by atoms with Crippen LogP contribution in [0.4, 0.5) is 11.4 Å². The molecule has 0 saturated heterocycles. The number of anilines is 2. The maximum atomic E-state index is 12.0. The number of benzene rings is 2. The first-order valence-corrected chi connectivity index (χ1v) is 8.54. The summed E-state index contributed by atoms with van der Waals surface area (Å²) in [4.78, 5) is 35.0. The highest BCUT2D eigenvalue weighted by Crippen LogP contribution is 2.17.